The van der Waals surface area contributed by atoms with Gasteiger partial charge in [0.25, 0.3) is 0 Å². The lowest BCUT2D eigenvalue weighted by Crippen LogP contribution is -2.45. The number of aromatic nitrogens is 2. The van der Waals surface area contributed by atoms with Gasteiger partial charge in [-0.2, -0.15) is 9.97 Å². The maximum absolute atomic E-state index is 15.2. The minimum Gasteiger partial charge on any atom is -0.436 e. The highest BCUT2D eigenvalue weighted by Crippen LogP contribution is 2.38. The number of piperazine rings is 1. The molecular weight excluding hydrogens is 450 g/mol. The van der Waals surface area contributed by atoms with E-state index in [1.54, 1.807) is 12.1 Å². The Labute approximate surface area is 203 Å². The number of halogens is 2. The third kappa shape index (κ3) is 4.52. The van der Waals surface area contributed by atoms with Crippen molar-refractivity contribution in [1.82, 2.24) is 14.9 Å². The van der Waals surface area contributed by atoms with Crippen LogP contribution in [0.4, 0.5) is 20.5 Å². The average Bonchev–Trinajstić information content (AvgIpc) is 3.45. The number of ether oxygens (including phenoxy) is 1. The van der Waals surface area contributed by atoms with E-state index < -0.39 is 11.6 Å². The molecule has 2 aromatic rings. The second kappa shape index (κ2) is 8.71. The van der Waals surface area contributed by atoms with Crippen molar-refractivity contribution in [1.29, 1.82) is 0 Å². The first-order chi connectivity index (χ1) is 16.9. The lowest BCUT2D eigenvalue weighted by Gasteiger charge is -2.32. The van der Waals surface area contributed by atoms with Crippen LogP contribution in [0, 0.1) is 17.6 Å². The van der Waals surface area contributed by atoms with Crippen LogP contribution in [-0.4, -0.2) is 60.5 Å². The number of nitrogens with one attached hydrogen (secondary N) is 1. The van der Waals surface area contributed by atoms with Crippen LogP contribution >= 0.6 is 0 Å². The van der Waals surface area contributed by atoms with Crippen LogP contribution in [0.5, 0.6) is 11.6 Å². The van der Waals surface area contributed by atoms with Crippen LogP contribution in [0.15, 0.2) is 34.3 Å². The first-order valence-electron chi connectivity index (χ1n) is 12.1. The number of benzene rings is 1. The Balaban J connectivity index is 1.32. The summed E-state index contributed by atoms with van der Waals surface area (Å²) in [5.41, 5.74) is 2.88. The molecule has 0 amide bonds. The molecule has 6 rings (SSSR count). The Bertz CT molecular complexity index is 1280. The number of nitrogens with zero attached hydrogens (tertiary/aromatic N) is 5. The Morgan fingerprint density at radius 1 is 1.06 bits per heavy atom. The fourth-order valence-corrected chi connectivity index (χ4v) is 4.78. The number of aliphatic imine (C=N–C) groups is 1. The van der Waals surface area contributed by atoms with Gasteiger partial charge in [-0.25, -0.2) is 8.78 Å². The van der Waals surface area contributed by atoms with E-state index in [1.807, 2.05) is 6.92 Å². The lowest BCUT2D eigenvalue weighted by molar-refractivity contribution is 0.310. The molecule has 3 heterocycles. The fraction of sp³-hybridized carbons (Fsp3) is 0.423. The van der Waals surface area contributed by atoms with Crippen LogP contribution in [-0.2, 0) is 6.42 Å². The van der Waals surface area contributed by atoms with Crippen molar-refractivity contribution < 1.29 is 13.5 Å². The summed E-state index contributed by atoms with van der Waals surface area (Å²) >= 11 is 0. The molecule has 0 unspecified atom stereocenters. The summed E-state index contributed by atoms with van der Waals surface area (Å²) in [6.07, 6.45) is 6.62. The number of anilines is 2. The number of allylic oxidation sites excluding steroid dienone is 1. The molecule has 1 aromatic heterocycles. The number of fused-ring (bicyclic) bond motifs is 1. The summed E-state index contributed by atoms with van der Waals surface area (Å²) in [6, 6.07) is 2.72. The molecule has 1 saturated carbocycles. The highest BCUT2D eigenvalue weighted by atomic mass is 19.1. The Morgan fingerprint density at radius 2 is 1.86 bits per heavy atom. The van der Waals surface area contributed by atoms with Crippen molar-refractivity contribution in [2.45, 2.75) is 26.2 Å². The topological polar surface area (TPSA) is 65.9 Å². The van der Waals surface area contributed by atoms with Gasteiger partial charge in [-0.3, -0.25) is 4.99 Å². The summed E-state index contributed by atoms with van der Waals surface area (Å²) in [6.45, 7) is 5.86. The summed E-state index contributed by atoms with van der Waals surface area (Å²) in [7, 11) is 2.08. The Hall–Kier alpha value is -3.33. The molecule has 0 bridgehead atoms. The van der Waals surface area contributed by atoms with Crippen molar-refractivity contribution in [3.8, 4) is 11.6 Å². The van der Waals surface area contributed by atoms with Gasteiger partial charge >= 0.3 is 0 Å². The minimum atomic E-state index is -0.579. The van der Waals surface area contributed by atoms with Gasteiger partial charge in [-0.15, -0.1) is 0 Å². The van der Waals surface area contributed by atoms with Crippen molar-refractivity contribution in [3.63, 3.8) is 0 Å². The number of hydrogen-bond donors (Lipinski definition) is 1. The maximum Gasteiger partial charge on any atom is 0.230 e. The summed E-state index contributed by atoms with van der Waals surface area (Å²) in [4.78, 5) is 18.2. The number of hydrogen-bond acceptors (Lipinski definition) is 7. The third-order valence-electron chi connectivity index (χ3n) is 6.97. The molecule has 2 aliphatic heterocycles. The summed E-state index contributed by atoms with van der Waals surface area (Å²) in [5, 5.41) is 3.27. The standard InChI is InChI=1S/C26H28F2N6O/c1-15-9-18-19(10-15)25(28)21(12-20(18)27)35-24-13-23(30-22-11-17(14-29-22)16-3-4-16)31-26(32-24)34-7-5-33(2)6-8-34/h10-13,16H,3-9,14H2,1-2H3,(H,29,30,31,32). The zero-order valence-corrected chi connectivity index (χ0v) is 19.9. The van der Waals surface area contributed by atoms with Crippen molar-refractivity contribution in [2.75, 3.05) is 50.0 Å². The number of amidine groups is 1. The van der Waals surface area contributed by atoms with Gasteiger partial charge in [-0.05, 0) is 50.8 Å². The highest BCUT2D eigenvalue weighted by molar-refractivity contribution is 6.05. The summed E-state index contributed by atoms with van der Waals surface area (Å²) in [5.74, 6) is 1.30. The quantitative estimate of drug-likeness (QED) is 0.687. The van der Waals surface area contributed by atoms with Gasteiger partial charge in [0.2, 0.25) is 11.8 Å². The zero-order chi connectivity index (χ0) is 24.1. The molecule has 2 fully saturated rings. The van der Waals surface area contributed by atoms with Crippen molar-refractivity contribution >= 4 is 23.7 Å². The normalized spacial score (nSPS) is 19.9. The van der Waals surface area contributed by atoms with Crippen LogP contribution in [0.3, 0.4) is 0 Å². The molecule has 2 aliphatic carbocycles. The molecule has 1 aromatic carbocycles. The average molecular weight is 479 g/mol. The van der Waals surface area contributed by atoms with E-state index in [0.717, 1.165) is 43.7 Å². The third-order valence-corrected chi connectivity index (χ3v) is 6.97. The molecule has 182 valence electrons. The van der Waals surface area contributed by atoms with Crippen LogP contribution in [0.2, 0.25) is 0 Å². The monoisotopic (exact) mass is 478 g/mol. The largest absolute Gasteiger partial charge is 0.436 e. The first-order valence-corrected chi connectivity index (χ1v) is 12.1. The smallest absolute Gasteiger partial charge is 0.230 e. The molecular formula is C26H28F2N6O. The van der Waals surface area contributed by atoms with Crippen LogP contribution in [0.1, 0.15) is 30.9 Å². The molecule has 9 heteroatoms. The van der Waals surface area contributed by atoms with Gasteiger partial charge < -0.3 is 19.9 Å². The van der Waals surface area contributed by atoms with E-state index in [4.69, 9.17) is 9.72 Å². The zero-order valence-electron chi connectivity index (χ0n) is 19.9. The van der Waals surface area contributed by atoms with Gasteiger partial charge in [-0.1, -0.05) is 11.6 Å². The molecule has 0 radical (unpaired) electrons. The van der Waals surface area contributed by atoms with E-state index in [-0.39, 0.29) is 17.2 Å². The Morgan fingerprint density at radius 3 is 2.63 bits per heavy atom. The van der Waals surface area contributed by atoms with E-state index >= 15 is 4.39 Å². The summed E-state index contributed by atoms with van der Waals surface area (Å²) < 4.78 is 35.8. The van der Waals surface area contributed by atoms with E-state index in [2.05, 4.69) is 38.2 Å². The van der Waals surface area contributed by atoms with E-state index in [0.29, 0.717) is 36.2 Å². The van der Waals surface area contributed by atoms with Crippen LogP contribution < -0.4 is 15.0 Å². The maximum atomic E-state index is 15.2. The number of likely N-dealkylation sites (N-methyl/N-ethyl adjacent to an activating group) is 1. The number of rotatable bonds is 5. The SMILES string of the molecule is CC1=Cc2c(F)c(Oc3cc(NC4=NCC(C5CC5)=C4)nc(N4CCN(C)CC4)n3)cc(F)c2C1. The predicted octanol–water partition coefficient (Wildman–Crippen LogP) is 4.42. The molecule has 35 heavy (non-hydrogen) atoms. The molecule has 1 N–H and O–H groups in total. The minimum absolute atomic E-state index is 0.151. The van der Waals surface area contributed by atoms with Gasteiger partial charge in [0.05, 0.1) is 6.54 Å². The highest BCUT2D eigenvalue weighted by Gasteiger charge is 2.28. The van der Waals surface area contributed by atoms with Gasteiger partial charge in [0.1, 0.15) is 17.5 Å². The molecule has 0 spiro atoms. The molecule has 0 atom stereocenters. The first kappa shape index (κ1) is 22.2. The Kier molecular flexibility index (Phi) is 5.51. The van der Waals surface area contributed by atoms with Crippen LogP contribution in [0.25, 0.3) is 6.08 Å². The van der Waals surface area contributed by atoms with E-state index in [9.17, 15) is 4.39 Å². The lowest BCUT2D eigenvalue weighted by atomic mass is 10.1. The molecule has 1 saturated heterocycles. The van der Waals surface area contributed by atoms with Crippen molar-refractivity contribution in [2.24, 2.45) is 10.9 Å². The second-order valence-electron chi connectivity index (χ2n) is 9.83. The molecule has 4 aliphatic rings. The fourth-order valence-electron chi connectivity index (χ4n) is 4.78. The second-order valence-corrected chi connectivity index (χ2v) is 9.83. The van der Waals surface area contributed by atoms with Crippen molar-refractivity contribution in [3.05, 3.63) is 52.1 Å². The van der Waals surface area contributed by atoms with Gasteiger partial charge in [0, 0.05) is 49.4 Å². The molecule has 7 nitrogen and oxygen atoms in total. The van der Waals surface area contributed by atoms with Gasteiger partial charge in [0.15, 0.2) is 11.6 Å². The van der Waals surface area contributed by atoms with E-state index in [1.165, 1.54) is 18.4 Å². The predicted molar refractivity (Wildman–Crippen MR) is 132 cm³/mol.